The molecule has 0 saturated carbocycles. The second-order valence-electron chi connectivity index (χ2n) is 14.6. The molecular weight excluding hydrogens is 615 g/mol. The van der Waals surface area contributed by atoms with E-state index in [1.165, 1.54) is 5.01 Å². The Morgan fingerprint density at radius 1 is 1.09 bits per heavy atom. The maximum Gasteiger partial charge on any atom is 0.325 e. The number of cyclic esters (lactones) is 1. The summed E-state index contributed by atoms with van der Waals surface area (Å²) in [4.78, 5) is 58.9. The molecule has 47 heavy (non-hydrogen) atoms. The number of amides is 3. The van der Waals surface area contributed by atoms with E-state index in [4.69, 9.17) is 14.5 Å². The fourth-order valence-corrected chi connectivity index (χ4v) is 6.24. The molecule has 0 unspecified atom stereocenters. The van der Waals surface area contributed by atoms with Gasteiger partial charge in [0, 0.05) is 26.6 Å². The number of carbonyl (C=O) groups excluding carboxylic acids is 4. The van der Waals surface area contributed by atoms with Gasteiger partial charge in [-0.3, -0.25) is 24.2 Å². The summed E-state index contributed by atoms with van der Waals surface area (Å²) in [6.45, 7) is 16.7. The molecule has 0 radical (unpaired) electrons. The minimum Gasteiger partial charge on any atom is -0.455 e. The van der Waals surface area contributed by atoms with Crippen LogP contribution < -0.4 is 16.1 Å². The van der Waals surface area contributed by atoms with Crippen LogP contribution in [0.1, 0.15) is 64.8 Å². The molecule has 1 aromatic heterocycles. The van der Waals surface area contributed by atoms with Crippen molar-refractivity contribution < 1.29 is 28.7 Å². The van der Waals surface area contributed by atoms with Crippen LogP contribution in [0.15, 0.2) is 36.4 Å². The number of hydrogen-bond donors (Lipinski definition) is 3. The lowest BCUT2D eigenvalue weighted by molar-refractivity contribution is -0.157. The van der Waals surface area contributed by atoms with Crippen molar-refractivity contribution in [1.82, 2.24) is 26.1 Å². The molecule has 256 valence electrons. The van der Waals surface area contributed by atoms with Crippen LogP contribution in [0, 0.1) is 11.3 Å². The summed E-state index contributed by atoms with van der Waals surface area (Å²) in [6, 6.07) is 8.03. The van der Waals surface area contributed by atoms with E-state index in [1.54, 1.807) is 20.8 Å². The molecule has 3 heterocycles. The van der Waals surface area contributed by atoms with Crippen molar-refractivity contribution in [3.63, 3.8) is 0 Å². The van der Waals surface area contributed by atoms with Crippen LogP contribution in [0.3, 0.4) is 0 Å². The van der Waals surface area contributed by atoms with Gasteiger partial charge >= 0.3 is 5.97 Å². The number of fused-ring (bicyclic) bond motifs is 4. The molecule has 1 fully saturated rings. The normalized spacial score (nSPS) is 27.4. The minimum atomic E-state index is -1.36. The summed E-state index contributed by atoms with van der Waals surface area (Å²) < 4.78 is 11.9. The molecule has 0 spiro atoms. The van der Waals surface area contributed by atoms with Crippen LogP contribution in [-0.2, 0) is 28.7 Å². The van der Waals surface area contributed by atoms with Gasteiger partial charge in [-0.2, -0.15) is 0 Å². The highest BCUT2D eigenvalue weighted by molar-refractivity contribution is 6.76. The minimum absolute atomic E-state index is 0.127. The lowest BCUT2D eigenvalue weighted by atomic mass is 9.88. The summed E-state index contributed by atoms with van der Waals surface area (Å²) in [7, 11) is -1.36. The first-order chi connectivity index (χ1) is 22.1. The van der Waals surface area contributed by atoms with Gasteiger partial charge in [0.1, 0.15) is 24.2 Å². The largest absolute Gasteiger partial charge is 0.455 e. The molecule has 4 rings (SSSR count). The molecule has 3 N–H and O–H groups in total. The number of benzene rings is 1. The monoisotopic (exact) mass is 665 g/mol. The van der Waals surface area contributed by atoms with Gasteiger partial charge in [0.2, 0.25) is 11.8 Å². The SMILES string of the molecule is CC(C)[C@@H]1NC(=O)[C@@](C)(COCC[Si](C)(C)C)/C=C/c2ccc3ccc(nc3c2)[C@@H](C)OC(=O)[C@@H]2CCCN(N2)C(=O)[C@H](C)NC1=O. The molecule has 1 aromatic carbocycles. The molecule has 12 heteroatoms. The summed E-state index contributed by atoms with van der Waals surface area (Å²) in [6.07, 6.45) is 4.14. The molecule has 3 amide bonds. The number of rotatable bonds is 6. The van der Waals surface area contributed by atoms with E-state index in [-0.39, 0.29) is 18.4 Å². The van der Waals surface area contributed by atoms with Gasteiger partial charge in [0.25, 0.3) is 5.91 Å². The zero-order chi connectivity index (χ0) is 34.5. The molecule has 5 atom stereocenters. The van der Waals surface area contributed by atoms with Gasteiger partial charge in [0.15, 0.2) is 0 Å². The summed E-state index contributed by atoms with van der Waals surface area (Å²) >= 11 is 0. The number of ether oxygens (including phenoxy) is 2. The van der Waals surface area contributed by atoms with E-state index in [2.05, 4.69) is 35.7 Å². The van der Waals surface area contributed by atoms with E-state index < -0.39 is 55.5 Å². The van der Waals surface area contributed by atoms with Crippen molar-refractivity contribution >= 4 is 48.7 Å². The topological polar surface area (TPSA) is 139 Å². The molecule has 2 aliphatic rings. The Labute approximate surface area is 279 Å². The fraction of sp³-hybridized carbons (Fsp3) is 0.571. The Hall–Kier alpha value is -3.61. The van der Waals surface area contributed by atoms with Crippen LogP contribution >= 0.6 is 0 Å². The summed E-state index contributed by atoms with van der Waals surface area (Å²) in [5, 5.41) is 8.03. The second kappa shape index (κ2) is 15.1. The third-order valence-corrected chi connectivity index (χ3v) is 10.4. The third kappa shape index (κ3) is 9.48. The highest BCUT2D eigenvalue weighted by atomic mass is 28.3. The number of aromatic nitrogens is 1. The zero-order valence-corrected chi connectivity index (χ0v) is 30.0. The Balaban J connectivity index is 1.72. The number of pyridine rings is 1. The van der Waals surface area contributed by atoms with Crippen LogP contribution in [0.4, 0.5) is 0 Å². The number of nitrogens with zero attached hydrogens (tertiary/aromatic N) is 2. The number of nitrogens with one attached hydrogen (secondary N) is 3. The van der Waals surface area contributed by atoms with E-state index in [1.807, 2.05) is 56.3 Å². The molecular formula is C35H51N5O6Si. The summed E-state index contributed by atoms with van der Waals surface area (Å²) in [5.41, 5.74) is 4.03. The van der Waals surface area contributed by atoms with Crippen LogP contribution in [0.2, 0.25) is 25.7 Å². The Morgan fingerprint density at radius 3 is 2.51 bits per heavy atom. The standard InChI is InChI=1S/C35H51N5O6Si/c1-22(2)30-31(41)36-23(3)32(42)40-17-9-10-28(39-40)33(43)46-24(4)27-14-13-26-12-11-25(20-29(26)37-27)15-16-35(5,34(44)38-30)21-45-18-19-47(6,7)8/h11-16,20,22-24,28,30,39H,9-10,17-19,21H2,1-8H3,(H,36,41)(H,38,44)/b16-15+/t23-,24+,28-,30-,35+/m0/s1. The first-order valence-corrected chi connectivity index (χ1v) is 20.3. The zero-order valence-electron chi connectivity index (χ0n) is 29.0. The molecule has 5 bridgehead atoms. The Bertz CT molecular complexity index is 1510. The van der Waals surface area contributed by atoms with Gasteiger partial charge in [-0.1, -0.05) is 63.8 Å². The quantitative estimate of drug-likeness (QED) is 0.235. The highest BCUT2D eigenvalue weighted by Gasteiger charge is 2.37. The molecule has 0 aliphatic carbocycles. The van der Waals surface area contributed by atoms with Crippen LogP contribution in [0.5, 0.6) is 0 Å². The fourth-order valence-electron chi connectivity index (χ4n) is 5.48. The number of hydrogen-bond acceptors (Lipinski definition) is 8. The lowest BCUT2D eigenvalue weighted by Crippen LogP contribution is -2.61. The molecule has 11 nitrogen and oxygen atoms in total. The predicted octanol–water partition coefficient (Wildman–Crippen LogP) is 4.37. The highest BCUT2D eigenvalue weighted by Crippen LogP contribution is 2.26. The molecule has 2 aromatic rings. The Morgan fingerprint density at radius 2 is 1.81 bits per heavy atom. The van der Waals surface area contributed by atoms with Crippen molar-refractivity contribution in [2.75, 3.05) is 19.8 Å². The van der Waals surface area contributed by atoms with Gasteiger partial charge in [-0.15, -0.1) is 0 Å². The number of carbonyl (C=O) groups is 4. The van der Waals surface area contributed by atoms with E-state index in [0.717, 1.165) is 17.0 Å². The lowest BCUT2D eigenvalue weighted by Gasteiger charge is -2.35. The van der Waals surface area contributed by atoms with Gasteiger partial charge in [-0.25, -0.2) is 10.4 Å². The van der Waals surface area contributed by atoms with Gasteiger partial charge < -0.3 is 20.1 Å². The van der Waals surface area contributed by atoms with E-state index in [9.17, 15) is 19.2 Å². The smallest absolute Gasteiger partial charge is 0.325 e. The first-order valence-electron chi connectivity index (χ1n) is 16.6. The van der Waals surface area contributed by atoms with Crippen molar-refractivity contribution in [3.05, 3.63) is 47.7 Å². The van der Waals surface area contributed by atoms with Gasteiger partial charge in [-0.05, 0) is 63.3 Å². The number of esters is 1. The van der Waals surface area contributed by atoms with Gasteiger partial charge in [0.05, 0.1) is 23.2 Å². The van der Waals surface area contributed by atoms with Crippen LogP contribution in [-0.4, -0.2) is 79.6 Å². The van der Waals surface area contributed by atoms with Crippen molar-refractivity contribution in [3.8, 4) is 0 Å². The second-order valence-corrected chi connectivity index (χ2v) is 20.2. The average Bonchev–Trinajstić information content (AvgIpc) is 3.02. The molecule has 2 aliphatic heterocycles. The average molecular weight is 666 g/mol. The van der Waals surface area contributed by atoms with E-state index in [0.29, 0.717) is 37.2 Å². The first kappa shape index (κ1) is 36.2. The molecule has 1 saturated heterocycles. The summed E-state index contributed by atoms with van der Waals surface area (Å²) in [5.74, 6) is -1.96. The van der Waals surface area contributed by atoms with Crippen molar-refractivity contribution in [1.29, 1.82) is 0 Å². The third-order valence-electron chi connectivity index (χ3n) is 8.71. The maximum atomic E-state index is 14.0. The van der Waals surface area contributed by atoms with Crippen molar-refractivity contribution in [2.24, 2.45) is 11.3 Å². The predicted molar refractivity (Wildman–Crippen MR) is 185 cm³/mol. The maximum absolute atomic E-state index is 14.0. The number of hydrazine groups is 1. The van der Waals surface area contributed by atoms with Crippen LogP contribution in [0.25, 0.3) is 17.0 Å². The Kier molecular flexibility index (Phi) is 11.6. The van der Waals surface area contributed by atoms with E-state index >= 15 is 0 Å². The van der Waals surface area contributed by atoms with Crippen molar-refractivity contribution in [2.45, 2.75) is 97.4 Å².